The highest BCUT2D eigenvalue weighted by molar-refractivity contribution is 5.97. The summed E-state index contributed by atoms with van der Waals surface area (Å²) in [6.45, 7) is -0.350. The van der Waals surface area contributed by atoms with E-state index in [-0.39, 0.29) is 24.5 Å². The van der Waals surface area contributed by atoms with Crippen molar-refractivity contribution in [2.75, 3.05) is 26.9 Å². The van der Waals surface area contributed by atoms with E-state index in [1.165, 1.54) is 19.2 Å². The summed E-state index contributed by atoms with van der Waals surface area (Å²) in [5, 5.41) is 10.7. The molecule has 0 aliphatic rings. The molecular weight excluding hydrogens is 257 g/mol. The second kappa shape index (κ2) is 7.32. The maximum Gasteiger partial charge on any atom is 0.329 e. The minimum Gasteiger partial charge on any atom is -0.496 e. The number of hydrogen-bond acceptors (Lipinski definition) is 4. The fourth-order valence-corrected chi connectivity index (χ4v) is 1.38. The number of carboxylic acids is 1. The van der Waals surface area contributed by atoms with Gasteiger partial charge in [-0.2, -0.15) is 0 Å². The molecule has 0 heterocycles. The molecule has 7 heteroatoms. The molecule has 0 atom stereocenters. The van der Waals surface area contributed by atoms with Crippen molar-refractivity contribution in [3.8, 4) is 5.75 Å². The van der Waals surface area contributed by atoms with Crippen molar-refractivity contribution in [1.82, 2.24) is 5.32 Å². The van der Waals surface area contributed by atoms with Crippen molar-refractivity contribution in [2.45, 2.75) is 0 Å². The molecule has 104 valence electrons. The van der Waals surface area contributed by atoms with Crippen LogP contribution in [0.5, 0.6) is 5.75 Å². The normalized spacial score (nSPS) is 10.0. The van der Waals surface area contributed by atoms with Crippen molar-refractivity contribution < 1.29 is 28.6 Å². The summed E-state index contributed by atoms with van der Waals surface area (Å²) < 4.78 is 23.1. The average Bonchev–Trinajstić information content (AvgIpc) is 2.37. The zero-order valence-corrected chi connectivity index (χ0v) is 10.3. The summed E-state index contributed by atoms with van der Waals surface area (Å²) in [4.78, 5) is 21.9. The second-order valence-electron chi connectivity index (χ2n) is 3.52. The van der Waals surface area contributed by atoms with Gasteiger partial charge in [0.1, 0.15) is 23.7 Å². The lowest BCUT2D eigenvalue weighted by atomic mass is 10.1. The van der Waals surface area contributed by atoms with Gasteiger partial charge in [0.2, 0.25) is 0 Å². The third-order valence-corrected chi connectivity index (χ3v) is 2.18. The predicted molar refractivity (Wildman–Crippen MR) is 63.7 cm³/mol. The summed E-state index contributed by atoms with van der Waals surface area (Å²) in [5.74, 6) is -2.30. The molecule has 0 unspecified atom stereocenters. The summed E-state index contributed by atoms with van der Waals surface area (Å²) in [7, 11) is 1.33. The number of carbonyl (C=O) groups is 2. The van der Waals surface area contributed by atoms with E-state index in [2.05, 4.69) is 5.32 Å². The van der Waals surface area contributed by atoms with Gasteiger partial charge >= 0.3 is 5.97 Å². The number of hydrogen-bond donors (Lipinski definition) is 2. The van der Waals surface area contributed by atoms with E-state index >= 15 is 0 Å². The molecule has 0 spiro atoms. The Kier molecular flexibility index (Phi) is 5.74. The number of halogens is 1. The molecular formula is C12H14FNO5. The van der Waals surface area contributed by atoms with Gasteiger partial charge < -0.3 is 19.9 Å². The first-order valence-corrected chi connectivity index (χ1v) is 5.46. The standard InChI is InChI=1S/C12H14FNO5/c1-18-9-4-2-3-8(13)11(9)12(17)14-5-6-19-7-10(15)16/h2-4H,5-7H2,1H3,(H,14,17)(H,15,16). The quantitative estimate of drug-likeness (QED) is 0.712. The number of benzene rings is 1. The Morgan fingerprint density at radius 2 is 2.16 bits per heavy atom. The molecule has 0 bridgehead atoms. The molecule has 0 aromatic heterocycles. The van der Waals surface area contributed by atoms with Crippen molar-refractivity contribution in [3.05, 3.63) is 29.6 Å². The van der Waals surface area contributed by atoms with Crippen LogP contribution in [0.2, 0.25) is 0 Å². The van der Waals surface area contributed by atoms with Crippen molar-refractivity contribution in [3.63, 3.8) is 0 Å². The molecule has 1 aromatic rings. The molecule has 1 rings (SSSR count). The van der Waals surface area contributed by atoms with Crippen LogP contribution in [0.4, 0.5) is 4.39 Å². The van der Waals surface area contributed by atoms with Crippen LogP contribution in [0.3, 0.4) is 0 Å². The first-order chi connectivity index (χ1) is 9.06. The third kappa shape index (κ3) is 4.55. The van der Waals surface area contributed by atoms with Gasteiger partial charge in [0.05, 0.1) is 13.7 Å². The molecule has 1 amide bonds. The second-order valence-corrected chi connectivity index (χ2v) is 3.52. The average molecular weight is 271 g/mol. The summed E-state index contributed by atoms with van der Waals surface area (Å²) in [6, 6.07) is 4.05. The van der Waals surface area contributed by atoms with Gasteiger partial charge in [-0.25, -0.2) is 9.18 Å². The topological polar surface area (TPSA) is 84.9 Å². The van der Waals surface area contributed by atoms with E-state index < -0.39 is 24.3 Å². The molecule has 1 aromatic carbocycles. The summed E-state index contributed by atoms with van der Waals surface area (Å²) in [5.41, 5.74) is -0.191. The molecule has 0 radical (unpaired) electrons. The maximum absolute atomic E-state index is 13.5. The zero-order valence-electron chi connectivity index (χ0n) is 10.3. The number of methoxy groups -OCH3 is 1. The Morgan fingerprint density at radius 1 is 1.42 bits per heavy atom. The third-order valence-electron chi connectivity index (χ3n) is 2.18. The number of amides is 1. The van der Waals surface area contributed by atoms with E-state index in [4.69, 9.17) is 14.6 Å². The van der Waals surface area contributed by atoms with Gasteiger partial charge in [0.15, 0.2) is 0 Å². The number of carboxylic acid groups (broad SMARTS) is 1. The van der Waals surface area contributed by atoms with E-state index in [0.29, 0.717) is 0 Å². The summed E-state index contributed by atoms with van der Waals surface area (Å²) >= 11 is 0. The lowest BCUT2D eigenvalue weighted by molar-refractivity contribution is -0.142. The van der Waals surface area contributed by atoms with Crippen molar-refractivity contribution in [1.29, 1.82) is 0 Å². The van der Waals surface area contributed by atoms with E-state index in [0.717, 1.165) is 6.07 Å². The molecule has 2 N–H and O–H groups in total. The molecule has 0 aliphatic heterocycles. The van der Waals surface area contributed by atoms with E-state index in [1.807, 2.05) is 0 Å². The minimum atomic E-state index is -1.10. The molecule has 0 fully saturated rings. The van der Waals surface area contributed by atoms with Crippen LogP contribution in [0, 0.1) is 5.82 Å². The molecule has 0 saturated carbocycles. The number of nitrogens with one attached hydrogen (secondary N) is 1. The van der Waals surface area contributed by atoms with Crippen LogP contribution in [-0.4, -0.2) is 43.9 Å². The summed E-state index contributed by atoms with van der Waals surface area (Å²) in [6.07, 6.45) is 0. The van der Waals surface area contributed by atoms with Crippen LogP contribution in [0.25, 0.3) is 0 Å². The molecule has 6 nitrogen and oxygen atoms in total. The number of rotatable bonds is 7. The maximum atomic E-state index is 13.5. The highest BCUT2D eigenvalue weighted by atomic mass is 19.1. The molecule has 19 heavy (non-hydrogen) atoms. The van der Waals surface area contributed by atoms with Crippen molar-refractivity contribution >= 4 is 11.9 Å². The van der Waals surface area contributed by atoms with Crippen LogP contribution in [-0.2, 0) is 9.53 Å². The fourth-order valence-electron chi connectivity index (χ4n) is 1.38. The van der Waals surface area contributed by atoms with Gasteiger partial charge in [0, 0.05) is 6.54 Å². The Hall–Kier alpha value is -2.15. The Labute approximate surface area is 109 Å². The van der Waals surface area contributed by atoms with Gasteiger partial charge in [-0.3, -0.25) is 4.79 Å². The highest BCUT2D eigenvalue weighted by Crippen LogP contribution is 2.20. The lowest BCUT2D eigenvalue weighted by Crippen LogP contribution is -2.29. The molecule has 0 saturated heterocycles. The zero-order chi connectivity index (χ0) is 14.3. The smallest absolute Gasteiger partial charge is 0.329 e. The van der Waals surface area contributed by atoms with Crippen molar-refractivity contribution in [2.24, 2.45) is 0 Å². The number of carbonyl (C=O) groups excluding carboxylic acids is 1. The van der Waals surface area contributed by atoms with Gasteiger partial charge in [-0.15, -0.1) is 0 Å². The number of ether oxygens (including phenoxy) is 2. The van der Waals surface area contributed by atoms with Crippen LogP contribution in [0.15, 0.2) is 18.2 Å². The Balaban J connectivity index is 2.52. The van der Waals surface area contributed by atoms with E-state index in [1.54, 1.807) is 0 Å². The SMILES string of the molecule is COc1cccc(F)c1C(=O)NCCOCC(=O)O. The van der Waals surface area contributed by atoms with Gasteiger partial charge in [0.25, 0.3) is 5.91 Å². The lowest BCUT2D eigenvalue weighted by Gasteiger charge is -2.10. The molecule has 0 aliphatic carbocycles. The van der Waals surface area contributed by atoms with Crippen LogP contribution >= 0.6 is 0 Å². The minimum absolute atomic E-state index is 0.0226. The van der Waals surface area contributed by atoms with Crippen LogP contribution < -0.4 is 10.1 Å². The number of aliphatic carboxylic acids is 1. The van der Waals surface area contributed by atoms with Gasteiger partial charge in [-0.1, -0.05) is 6.07 Å². The van der Waals surface area contributed by atoms with Crippen LogP contribution in [0.1, 0.15) is 10.4 Å². The first-order valence-electron chi connectivity index (χ1n) is 5.46. The fraction of sp³-hybridized carbons (Fsp3) is 0.333. The highest BCUT2D eigenvalue weighted by Gasteiger charge is 2.16. The van der Waals surface area contributed by atoms with Gasteiger partial charge in [-0.05, 0) is 12.1 Å². The largest absolute Gasteiger partial charge is 0.496 e. The Morgan fingerprint density at radius 3 is 2.79 bits per heavy atom. The monoisotopic (exact) mass is 271 g/mol. The van der Waals surface area contributed by atoms with E-state index in [9.17, 15) is 14.0 Å². The first kappa shape index (κ1) is 14.9. The Bertz CT molecular complexity index is 463. The predicted octanol–water partition coefficient (Wildman–Crippen LogP) is 0.665.